The lowest BCUT2D eigenvalue weighted by molar-refractivity contribution is 0.0944. The number of amides is 1. The van der Waals surface area contributed by atoms with Crippen LogP contribution in [-0.2, 0) is 0 Å². The summed E-state index contributed by atoms with van der Waals surface area (Å²) in [5, 5.41) is 4.33. The Morgan fingerprint density at radius 2 is 1.95 bits per heavy atom. The van der Waals surface area contributed by atoms with E-state index in [0.29, 0.717) is 16.4 Å². The molecule has 22 heavy (non-hydrogen) atoms. The topological polar surface area (TPSA) is 68.0 Å². The van der Waals surface area contributed by atoms with E-state index >= 15 is 0 Å². The maximum absolute atomic E-state index is 12.1. The van der Waals surface area contributed by atoms with Gasteiger partial charge in [-0.1, -0.05) is 23.7 Å². The van der Waals surface area contributed by atoms with Gasteiger partial charge in [-0.2, -0.15) is 0 Å². The van der Waals surface area contributed by atoms with E-state index in [1.807, 2.05) is 38.1 Å². The number of halogens is 3. The van der Waals surface area contributed by atoms with Gasteiger partial charge in [0.2, 0.25) is 0 Å². The second-order valence-corrected chi connectivity index (χ2v) is 5.99. The molecular formula is C14H18Cl3N3OS. The van der Waals surface area contributed by atoms with Crippen molar-refractivity contribution in [2.75, 3.05) is 6.54 Å². The summed E-state index contributed by atoms with van der Waals surface area (Å²) in [7, 11) is 0. The van der Waals surface area contributed by atoms with Gasteiger partial charge in [-0.15, -0.1) is 36.2 Å². The fourth-order valence-electron chi connectivity index (χ4n) is 1.67. The van der Waals surface area contributed by atoms with E-state index in [9.17, 15) is 4.79 Å². The number of carbonyl (C=O) groups excluding carboxylic acids is 1. The van der Waals surface area contributed by atoms with Crippen LogP contribution in [0.25, 0.3) is 10.6 Å². The molecule has 0 saturated carbocycles. The largest absolute Gasteiger partial charge is 0.348 e. The monoisotopic (exact) mass is 381 g/mol. The molecule has 1 heterocycles. The Kier molecular flexibility index (Phi) is 8.96. The lowest BCUT2D eigenvalue weighted by atomic mass is 10.2. The zero-order valence-corrected chi connectivity index (χ0v) is 15.3. The number of hydrogen-bond acceptors (Lipinski definition) is 4. The summed E-state index contributed by atoms with van der Waals surface area (Å²) in [5.74, 6) is -0.127. The summed E-state index contributed by atoms with van der Waals surface area (Å²) in [6.45, 7) is 4.11. The highest BCUT2D eigenvalue weighted by Crippen LogP contribution is 2.28. The summed E-state index contributed by atoms with van der Waals surface area (Å²) in [5.41, 5.74) is 7.18. The van der Waals surface area contributed by atoms with E-state index in [-0.39, 0.29) is 36.8 Å². The van der Waals surface area contributed by atoms with Gasteiger partial charge < -0.3 is 11.1 Å². The molecule has 0 spiro atoms. The van der Waals surface area contributed by atoms with E-state index in [1.165, 1.54) is 11.3 Å². The van der Waals surface area contributed by atoms with Crippen LogP contribution in [0.3, 0.4) is 0 Å². The third-order valence-electron chi connectivity index (χ3n) is 2.83. The van der Waals surface area contributed by atoms with Crippen molar-refractivity contribution in [3.8, 4) is 10.6 Å². The third kappa shape index (κ3) is 5.11. The van der Waals surface area contributed by atoms with E-state index in [0.717, 1.165) is 16.3 Å². The van der Waals surface area contributed by atoms with Crippen LogP contribution in [0.1, 0.15) is 22.3 Å². The molecule has 4 nitrogen and oxygen atoms in total. The van der Waals surface area contributed by atoms with Gasteiger partial charge >= 0.3 is 0 Å². The number of nitrogens with one attached hydrogen (secondary N) is 1. The molecule has 2 rings (SSSR count). The van der Waals surface area contributed by atoms with Crippen molar-refractivity contribution in [3.63, 3.8) is 0 Å². The maximum Gasteiger partial charge on any atom is 0.263 e. The van der Waals surface area contributed by atoms with Crippen molar-refractivity contribution < 1.29 is 4.79 Å². The predicted octanol–water partition coefficient (Wildman–Crippen LogP) is 3.69. The molecule has 0 aliphatic carbocycles. The van der Waals surface area contributed by atoms with Crippen molar-refractivity contribution in [2.24, 2.45) is 5.73 Å². The number of hydrogen-bond donors (Lipinski definition) is 2. The molecule has 0 aliphatic rings. The van der Waals surface area contributed by atoms with Crippen LogP contribution in [0.2, 0.25) is 5.02 Å². The van der Waals surface area contributed by atoms with Crippen molar-refractivity contribution in [1.29, 1.82) is 0 Å². The molecule has 0 radical (unpaired) electrons. The van der Waals surface area contributed by atoms with Crippen LogP contribution in [0.5, 0.6) is 0 Å². The Hall–Kier alpha value is -0.850. The highest BCUT2D eigenvalue weighted by atomic mass is 35.5. The molecule has 0 saturated heterocycles. The van der Waals surface area contributed by atoms with Crippen LogP contribution in [-0.4, -0.2) is 23.5 Å². The smallest absolute Gasteiger partial charge is 0.263 e. The number of nitrogens with zero attached hydrogens (tertiary/aromatic N) is 1. The standard InChI is InChI=1S/C14H16ClN3OS.2ClH/c1-8(7-16)17-13(19)12-9(2)18-14(20-12)10-3-5-11(15)6-4-10;;/h3-6,8H,7,16H2,1-2H3,(H,17,19);2*1H/t8-;;/m0../s1. The molecule has 1 atom stereocenters. The molecular weight excluding hydrogens is 365 g/mol. The van der Waals surface area contributed by atoms with E-state index in [1.54, 1.807) is 0 Å². The summed E-state index contributed by atoms with van der Waals surface area (Å²) in [6, 6.07) is 7.35. The fourth-order valence-corrected chi connectivity index (χ4v) is 2.77. The first-order valence-electron chi connectivity index (χ1n) is 6.25. The zero-order valence-electron chi connectivity index (χ0n) is 12.1. The average Bonchev–Trinajstić information content (AvgIpc) is 2.81. The molecule has 8 heteroatoms. The summed E-state index contributed by atoms with van der Waals surface area (Å²) < 4.78 is 0. The Morgan fingerprint density at radius 3 is 2.50 bits per heavy atom. The maximum atomic E-state index is 12.1. The Bertz CT molecular complexity index is 616. The zero-order chi connectivity index (χ0) is 14.7. The van der Waals surface area contributed by atoms with Crippen LogP contribution in [0, 0.1) is 6.92 Å². The molecule has 0 unspecified atom stereocenters. The number of nitrogens with two attached hydrogens (primary N) is 1. The van der Waals surface area contributed by atoms with Crippen molar-refractivity contribution in [3.05, 3.63) is 39.9 Å². The van der Waals surface area contributed by atoms with Gasteiger partial charge in [0.1, 0.15) is 9.88 Å². The van der Waals surface area contributed by atoms with Gasteiger partial charge in [-0.05, 0) is 26.0 Å². The third-order valence-corrected chi connectivity index (χ3v) is 4.28. The number of aryl methyl sites for hydroxylation is 1. The van der Waals surface area contributed by atoms with Crippen LogP contribution in [0.4, 0.5) is 0 Å². The first kappa shape index (κ1) is 21.1. The quantitative estimate of drug-likeness (QED) is 0.847. The number of thiazole rings is 1. The number of carbonyl (C=O) groups is 1. The minimum absolute atomic E-state index is 0. The van der Waals surface area contributed by atoms with Crippen molar-refractivity contribution in [2.45, 2.75) is 19.9 Å². The Balaban J connectivity index is 0.00000220. The minimum atomic E-state index is -0.127. The highest BCUT2D eigenvalue weighted by Gasteiger charge is 2.17. The molecule has 0 fully saturated rings. The fraction of sp³-hybridized carbons (Fsp3) is 0.286. The molecule has 3 N–H and O–H groups in total. The van der Waals surface area contributed by atoms with Gasteiger partial charge in [0.25, 0.3) is 5.91 Å². The van der Waals surface area contributed by atoms with Gasteiger partial charge in [-0.3, -0.25) is 4.79 Å². The van der Waals surface area contributed by atoms with Crippen LogP contribution < -0.4 is 11.1 Å². The molecule has 0 aliphatic heterocycles. The first-order chi connectivity index (χ1) is 9.51. The average molecular weight is 383 g/mol. The summed E-state index contributed by atoms with van der Waals surface area (Å²) >= 11 is 7.24. The van der Waals surface area contributed by atoms with Crippen molar-refractivity contribution in [1.82, 2.24) is 10.3 Å². The molecule has 122 valence electrons. The highest BCUT2D eigenvalue weighted by molar-refractivity contribution is 7.17. The van der Waals surface area contributed by atoms with Crippen LogP contribution >= 0.6 is 47.8 Å². The summed E-state index contributed by atoms with van der Waals surface area (Å²) in [4.78, 5) is 17.2. The normalized spacial score (nSPS) is 11.1. The van der Waals surface area contributed by atoms with E-state index in [4.69, 9.17) is 17.3 Å². The number of benzene rings is 1. The van der Waals surface area contributed by atoms with Gasteiger partial charge in [-0.25, -0.2) is 4.98 Å². The van der Waals surface area contributed by atoms with E-state index < -0.39 is 0 Å². The second-order valence-electron chi connectivity index (χ2n) is 4.55. The number of rotatable bonds is 4. The Labute approximate surface area is 151 Å². The first-order valence-corrected chi connectivity index (χ1v) is 7.45. The molecule has 1 aromatic heterocycles. The lowest BCUT2D eigenvalue weighted by Gasteiger charge is -2.09. The predicted molar refractivity (Wildman–Crippen MR) is 97.8 cm³/mol. The lowest BCUT2D eigenvalue weighted by Crippen LogP contribution is -2.37. The van der Waals surface area contributed by atoms with Gasteiger partial charge in [0, 0.05) is 23.2 Å². The summed E-state index contributed by atoms with van der Waals surface area (Å²) in [6.07, 6.45) is 0. The molecule has 2 aromatic rings. The molecule has 1 amide bonds. The Morgan fingerprint density at radius 1 is 1.36 bits per heavy atom. The molecule has 0 bridgehead atoms. The van der Waals surface area contributed by atoms with E-state index in [2.05, 4.69) is 10.3 Å². The van der Waals surface area contributed by atoms with Crippen molar-refractivity contribution >= 4 is 53.7 Å². The van der Waals surface area contributed by atoms with Gasteiger partial charge in [0.05, 0.1) is 5.69 Å². The number of aromatic nitrogens is 1. The molecule has 1 aromatic carbocycles. The minimum Gasteiger partial charge on any atom is -0.348 e. The van der Waals surface area contributed by atoms with Crippen LogP contribution in [0.15, 0.2) is 24.3 Å². The van der Waals surface area contributed by atoms with Gasteiger partial charge in [0.15, 0.2) is 0 Å². The SMILES string of the molecule is Cc1nc(-c2ccc(Cl)cc2)sc1C(=O)N[C@@H](C)CN.Cl.Cl. The second kappa shape index (κ2) is 9.33.